The molecule has 0 bridgehead atoms. The lowest BCUT2D eigenvalue weighted by molar-refractivity contribution is 0.0727. The molecule has 3 rings (SSSR count). The Kier molecular flexibility index (Phi) is 3.39. The molecule has 0 saturated carbocycles. The number of hydrogen-bond acceptors (Lipinski definition) is 3. The van der Waals surface area contributed by atoms with Gasteiger partial charge >= 0.3 is 0 Å². The van der Waals surface area contributed by atoms with Crippen LogP contribution in [0.5, 0.6) is 0 Å². The fraction of sp³-hybridized carbons (Fsp3) is 0.188. The molecule has 0 fully saturated rings. The summed E-state index contributed by atoms with van der Waals surface area (Å²) >= 11 is 0. The van der Waals surface area contributed by atoms with Crippen LogP contribution in [0.4, 0.5) is 5.69 Å². The van der Waals surface area contributed by atoms with Crippen LogP contribution in [0.25, 0.3) is 0 Å². The second kappa shape index (κ2) is 5.35. The first-order valence-electron chi connectivity index (χ1n) is 6.70. The van der Waals surface area contributed by atoms with Gasteiger partial charge in [-0.05, 0) is 35.7 Å². The average molecular weight is 267 g/mol. The normalized spacial score (nSPS) is 14.1. The Labute approximate surface area is 118 Å². The third-order valence-corrected chi connectivity index (χ3v) is 3.66. The quantitative estimate of drug-likeness (QED) is 0.662. The lowest BCUT2D eigenvalue weighted by Gasteiger charge is -2.29. The van der Waals surface area contributed by atoms with Gasteiger partial charge in [0.15, 0.2) is 0 Å². The summed E-state index contributed by atoms with van der Waals surface area (Å²) in [5.74, 6) is 5.50. The van der Waals surface area contributed by atoms with Crippen molar-refractivity contribution in [3.05, 3.63) is 65.2 Å². The van der Waals surface area contributed by atoms with Gasteiger partial charge in [-0.3, -0.25) is 10.6 Å². The summed E-state index contributed by atoms with van der Waals surface area (Å²) in [5, 5.41) is 0. The number of carbonyl (C=O) groups is 1. The van der Waals surface area contributed by atoms with Gasteiger partial charge in [-0.25, -0.2) is 0 Å². The van der Waals surface area contributed by atoms with Crippen molar-refractivity contribution in [2.24, 2.45) is 5.84 Å². The predicted octanol–water partition coefficient (Wildman–Crippen LogP) is 2.17. The molecule has 1 aliphatic heterocycles. The molecular weight excluding hydrogens is 250 g/mol. The highest BCUT2D eigenvalue weighted by Gasteiger charge is 2.24. The van der Waals surface area contributed by atoms with E-state index in [1.165, 1.54) is 0 Å². The average Bonchev–Trinajstić information content (AvgIpc) is 2.51. The van der Waals surface area contributed by atoms with Crippen LogP contribution < -0.4 is 11.3 Å². The number of nitrogens with two attached hydrogens (primary N) is 1. The van der Waals surface area contributed by atoms with Crippen LogP contribution in [-0.2, 0) is 13.0 Å². The number of nitrogens with one attached hydrogen (secondary N) is 1. The van der Waals surface area contributed by atoms with Gasteiger partial charge in [-0.15, -0.1) is 0 Å². The van der Waals surface area contributed by atoms with Crippen molar-refractivity contribution in [2.75, 3.05) is 12.0 Å². The maximum atomic E-state index is 12.5. The van der Waals surface area contributed by atoms with Crippen molar-refractivity contribution in [2.45, 2.75) is 13.0 Å². The van der Waals surface area contributed by atoms with E-state index in [0.717, 1.165) is 35.3 Å². The summed E-state index contributed by atoms with van der Waals surface area (Å²) in [7, 11) is 0. The van der Waals surface area contributed by atoms with Crippen molar-refractivity contribution in [3.8, 4) is 0 Å². The molecule has 0 aromatic heterocycles. The highest BCUT2D eigenvalue weighted by Crippen LogP contribution is 2.23. The summed E-state index contributed by atoms with van der Waals surface area (Å²) in [6.45, 7) is 1.41. The van der Waals surface area contributed by atoms with Gasteiger partial charge in [0, 0.05) is 24.3 Å². The number of carbonyl (C=O) groups excluding carboxylic acids is 1. The minimum Gasteiger partial charge on any atom is -0.334 e. The molecule has 1 amide bonds. The maximum absolute atomic E-state index is 12.5. The smallest absolute Gasteiger partial charge is 0.254 e. The second-order valence-corrected chi connectivity index (χ2v) is 4.98. The first-order valence-corrected chi connectivity index (χ1v) is 6.70. The first kappa shape index (κ1) is 12.7. The highest BCUT2D eigenvalue weighted by molar-refractivity contribution is 5.97. The Morgan fingerprint density at radius 2 is 1.95 bits per heavy atom. The minimum absolute atomic E-state index is 0.0960. The Bertz CT molecular complexity index is 625. The molecule has 20 heavy (non-hydrogen) atoms. The fourth-order valence-corrected chi connectivity index (χ4v) is 2.58. The third kappa shape index (κ3) is 2.38. The molecule has 102 valence electrons. The van der Waals surface area contributed by atoms with E-state index in [2.05, 4.69) is 5.43 Å². The molecule has 1 aliphatic rings. The zero-order valence-electron chi connectivity index (χ0n) is 11.2. The molecule has 4 heteroatoms. The van der Waals surface area contributed by atoms with Crippen molar-refractivity contribution in [1.29, 1.82) is 0 Å². The molecule has 2 aromatic carbocycles. The van der Waals surface area contributed by atoms with E-state index < -0.39 is 0 Å². The summed E-state index contributed by atoms with van der Waals surface area (Å²) < 4.78 is 0. The number of nitrogen functional groups attached to an aromatic ring is 1. The van der Waals surface area contributed by atoms with Crippen LogP contribution in [0.2, 0.25) is 0 Å². The highest BCUT2D eigenvalue weighted by atomic mass is 16.2. The van der Waals surface area contributed by atoms with Gasteiger partial charge < -0.3 is 10.3 Å². The van der Waals surface area contributed by atoms with Gasteiger partial charge in [-0.2, -0.15) is 0 Å². The number of benzene rings is 2. The molecule has 0 aliphatic carbocycles. The maximum Gasteiger partial charge on any atom is 0.254 e. The molecule has 2 aromatic rings. The number of fused-ring (bicyclic) bond motifs is 1. The molecule has 0 saturated heterocycles. The Morgan fingerprint density at radius 1 is 1.15 bits per heavy atom. The van der Waals surface area contributed by atoms with Crippen LogP contribution in [0.15, 0.2) is 48.5 Å². The molecule has 1 heterocycles. The zero-order valence-corrected chi connectivity index (χ0v) is 11.2. The second-order valence-electron chi connectivity index (χ2n) is 4.98. The number of hydrogen-bond donors (Lipinski definition) is 2. The van der Waals surface area contributed by atoms with Crippen LogP contribution in [-0.4, -0.2) is 17.4 Å². The Morgan fingerprint density at radius 3 is 2.70 bits per heavy atom. The van der Waals surface area contributed by atoms with Gasteiger partial charge in [0.05, 0.1) is 0 Å². The van der Waals surface area contributed by atoms with Crippen molar-refractivity contribution in [1.82, 2.24) is 4.90 Å². The van der Waals surface area contributed by atoms with E-state index in [1.54, 1.807) is 0 Å². The van der Waals surface area contributed by atoms with Gasteiger partial charge in [0.2, 0.25) is 0 Å². The molecule has 0 unspecified atom stereocenters. The zero-order chi connectivity index (χ0) is 13.9. The number of rotatable bonds is 3. The van der Waals surface area contributed by atoms with Crippen LogP contribution in [0.3, 0.4) is 0 Å². The summed E-state index contributed by atoms with van der Waals surface area (Å²) in [6.07, 6.45) is 0.865. The number of hydrazine groups is 1. The monoisotopic (exact) mass is 267 g/mol. The molecule has 0 radical (unpaired) electrons. The lowest BCUT2D eigenvalue weighted by atomic mass is 9.98. The van der Waals surface area contributed by atoms with E-state index in [4.69, 9.17) is 5.84 Å². The molecule has 4 nitrogen and oxygen atoms in total. The minimum atomic E-state index is 0.0960. The summed E-state index contributed by atoms with van der Waals surface area (Å²) in [6, 6.07) is 15.7. The van der Waals surface area contributed by atoms with E-state index in [9.17, 15) is 4.79 Å². The Hall–Kier alpha value is -2.33. The number of nitrogens with zero attached hydrogens (tertiary/aromatic N) is 1. The van der Waals surface area contributed by atoms with Gasteiger partial charge in [0.1, 0.15) is 0 Å². The fourth-order valence-electron chi connectivity index (χ4n) is 2.58. The van der Waals surface area contributed by atoms with E-state index in [0.29, 0.717) is 6.54 Å². The SMILES string of the molecule is NNc1ccc2c(c1)CCN(Cc1ccccc1)C2=O. The van der Waals surface area contributed by atoms with Crippen molar-refractivity contribution >= 4 is 11.6 Å². The molecule has 0 spiro atoms. The van der Waals surface area contributed by atoms with Gasteiger partial charge in [0.25, 0.3) is 5.91 Å². The Balaban J connectivity index is 1.82. The third-order valence-electron chi connectivity index (χ3n) is 3.66. The summed E-state index contributed by atoms with van der Waals surface area (Å²) in [4.78, 5) is 14.4. The topological polar surface area (TPSA) is 58.4 Å². The van der Waals surface area contributed by atoms with Crippen molar-refractivity contribution < 1.29 is 4.79 Å². The molecular formula is C16H17N3O. The van der Waals surface area contributed by atoms with Crippen molar-refractivity contribution in [3.63, 3.8) is 0 Å². The van der Waals surface area contributed by atoms with Crippen LogP contribution >= 0.6 is 0 Å². The largest absolute Gasteiger partial charge is 0.334 e. The van der Waals surface area contributed by atoms with Gasteiger partial charge in [-0.1, -0.05) is 30.3 Å². The summed E-state index contributed by atoms with van der Waals surface area (Å²) in [5.41, 5.74) is 6.46. The first-order chi connectivity index (χ1) is 9.78. The van der Waals surface area contributed by atoms with Crippen LogP contribution in [0.1, 0.15) is 21.5 Å². The standard InChI is InChI=1S/C16H17N3O/c17-18-14-6-7-15-13(10-14)8-9-19(16(15)20)11-12-4-2-1-3-5-12/h1-7,10,18H,8-9,11,17H2. The lowest BCUT2D eigenvalue weighted by Crippen LogP contribution is -2.37. The number of amides is 1. The van der Waals surface area contributed by atoms with Crippen LogP contribution in [0, 0.1) is 0 Å². The van der Waals surface area contributed by atoms with E-state index in [-0.39, 0.29) is 5.91 Å². The predicted molar refractivity (Wildman–Crippen MR) is 79.1 cm³/mol. The van der Waals surface area contributed by atoms with E-state index in [1.807, 2.05) is 53.4 Å². The number of anilines is 1. The van der Waals surface area contributed by atoms with E-state index >= 15 is 0 Å². The molecule has 0 atom stereocenters. The molecule has 3 N–H and O–H groups in total.